The Kier molecular flexibility index (Phi) is 6.47. The van der Waals surface area contributed by atoms with Gasteiger partial charge >= 0.3 is 0 Å². The molecule has 3 N–H and O–H groups in total. The molecule has 0 unspecified atom stereocenters. The number of hydrogen-bond acceptors (Lipinski definition) is 4. The number of nitrogens with one attached hydrogen (secondary N) is 1. The molecule has 0 spiro atoms. The van der Waals surface area contributed by atoms with E-state index in [-0.39, 0.29) is 5.91 Å². The van der Waals surface area contributed by atoms with E-state index >= 15 is 0 Å². The lowest BCUT2D eigenvalue weighted by Crippen LogP contribution is -2.54. The third-order valence-electron chi connectivity index (χ3n) is 2.67. The maximum Gasteiger partial charge on any atom is 0.240 e. The zero-order valence-corrected chi connectivity index (χ0v) is 10.0. The van der Waals surface area contributed by atoms with Gasteiger partial charge in [-0.1, -0.05) is 13.8 Å². The Morgan fingerprint density at radius 2 is 1.80 bits per heavy atom. The highest BCUT2D eigenvalue weighted by Gasteiger charge is 2.29. The number of amides is 1. The molecule has 0 aromatic carbocycles. The molecular weight excluding hydrogens is 196 g/mol. The minimum atomic E-state index is -0.786. The van der Waals surface area contributed by atoms with E-state index in [0.29, 0.717) is 19.4 Å². The standard InChI is InChI=1S/C10H22N2O3/c1-5-10(11,6-2)9(13)12-7-8(14-3)15-4/h8H,5-7,11H2,1-4H3,(H,12,13). The Bertz CT molecular complexity index is 189. The fraction of sp³-hybridized carbons (Fsp3) is 0.900. The zero-order chi connectivity index (χ0) is 11.9. The fourth-order valence-corrected chi connectivity index (χ4v) is 1.19. The number of methoxy groups -OCH3 is 2. The van der Waals surface area contributed by atoms with Gasteiger partial charge in [0.1, 0.15) is 0 Å². The van der Waals surface area contributed by atoms with Crippen molar-refractivity contribution in [1.29, 1.82) is 0 Å². The topological polar surface area (TPSA) is 73.6 Å². The largest absolute Gasteiger partial charge is 0.354 e. The summed E-state index contributed by atoms with van der Waals surface area (Å²) in [5, 5.41) is 2.71. The summed E-state index contributed by atoms with van der Waals surface area (Å²) in [6.07, 6.45) is 0.798. The Morgan fingerprint density at radius 1 is 1.33 bits per heavy atom. The van der Waals surface area contributed by atoms with E-state index in [0.717, 1.165) is 0 Å². The molecule has 0 aromatic heterocycles. The fourth-order valence-electron chi connectivity index (χ4n) is 1.19. The van der Waals surface area contributed by atoms with E-state index in [1.807, 2.05) is 13.8 Å². The van der Waals surface area contributed by atoms with Crippen LogP contribution in [0, 0.1) is 0 Å². The molecule has 0 fully saturated rings. The summed E-state index contributed by atoms with van der Waals surface area (Å²) >= 11 is 0. The molecule has 0 radical (unpaired) electrons. The number of ether oxygens (including phenoxy) is 2. The summed E-state index contributed by atoms with van der Waals surface area (Å²) in [5.74, 6) is -0.161. The first-order valence-corrected chi connectivity index (χ1v) is 5.16. The van der Waals surface area contributed by atoms with Crippen LogP contribution in [0.3, 0.4) is 0 Å². The second-order valence-electron chi connectivity index (χ2n) is 3.47. The molecule has 0 aliphatic rings. The van der Waals surface area contributed by atoms with Crippen molar-refractivity contribution in [3.05, 3.63) is 0 Å². The van der Waals surface area contributed by atoms with Gasteiger partial charge in [-0.05, 0) is 12.8 Å². The van der Waals surface area contributed by atoms with Crippen molar-refractivity contribution in [3.63, 3.8) is 0 Å². The Labute approximate surface area is 91.3 Å². The highest BCUT2D eigenvalue weighted by Crippen LogP contribution is 2.10. The van der Waals surface area contributed by atoms with Crippen LogP contribution in [-0.4, -0.2) is 38.5 Å². The predicted octanol–water partition coefficient (Wildman–Crippen LogP) is 0.239. The number of carbonyl (C=O) groups excluding carboxylic acids is 1. The van der Waals surface area contributed by atoms with Gasteiger partial charge in [-0.2, -0.15) is 0 Å². The van der Waals surface area contributed by atoms with E-state index in [2.05, 4.69) is 5.32 Å². The second kappa shape index (κ2) is 6.76. The van der Waals surface area contributed by atoms with Crippen molar-refractivity contribution in [1.82, 2.24) is 5.32 Å². The van der Waals surface area contributed by atoms with E-state index in [9.17, 15) is 4.79 Å². The summed E-state index contributed by atoms with van der Waals surface area (Å²) in [5.41, 5.74) is 5.13. The molecule has 0 bridgehead atoms. The maximum absolute atomic E-state index is 11.7. The van der Waals surface area contributed by atoms with Crippen molar-refractivity contribution in [2.45, 2.75) is 38.5 Å². The van der Waals surface area contributed by atoms with Crippen molar-refractivity contribution in [2.24, 2.45) is 5.73 Å². The van der Waals surface area contributed by atoms with E-state index in [1.165, 1.54) is 14.2 Å². The minimum Gasteiger partial charge on any atom is -0.354 e. The molecule has 0 aliphatic carbocycles. The lowest BCUT2D eigenvalue weighted by molar-refractivity contribution is -0.132. The first-order valence-electron chi connectivity index (χ1n) is 5.16. The predicted molar refractivity (Wildman–Crippen MR) is 58.3 cm³/mol. The van der Waals surface area contributed by atoms with Crippen LogP contribution in [0.4, 0.5) is 0 Å². The monoisotopic (exact) mass is 218 g/mol. The van der Waals surface area contributed by atoms with Crippen LogP contribution in [0.25, 0.3) is 0 Å². The van der Waals surface area contributed by atoms with Gasteiger partial charge in [0.15, 0.2) is 6.29 Å². The van der Waals surface area contributed by atoms with Crippen molar-refractivity contribution in [3.8, 4) is 0 Å². The third-order valence-corrected chi connectivity index (χ3v) is 2.67. The van der Waals surface area contributed by atoms with Crippen molar-refractivity contribution >= 4 is 5.91 Å². The van der Waals surface area contributed by atoms with Gasteiger partial charge in [0.05, 0.1) is 12.1 Å². The number of carbonyl (C=O) groups is 1. The lowest BCUT2D eigenvalue weighted by atomic mass is 9.93. The van der Waals surface area contributed by atoms with Gasteiger partial charge in [0, 0.05) is 14.2 Å². The normalized spacial score (nSPS) is 11.9. The van der Waals surface area contributed by atoms with Crippen LogP contribution in [0.2, 0.25) is 0 Å². The average Bonchev–Trinajstić information content (AvgIpc) is 2.29. The van der Waals surface area contributed by atoms with Gasteiger partial charge in [0.25, 0.3) is 0 Å². The highest BCUT2D eigenvalue weighted by molar-refractivity contribution is 5.85. The maximum atomic E-state index is 11.7. The first-order chi connectivity index (χ1) is 7.03. The summed E-state index contributed by atoms with van der Waals surface area (Å²) in [6.45, 7) is 4.10. The molecule has 0 rings (SSSR count). The smallest absolute Gasteiger partial charge is 0.240 e. The molecule has 15 heavy (non-hydrogen) atoms. The highest BCUT2D eigenvalue weighted by atomic mass is 16.7. The van der Waals surface area contributed by atoms with Gasteiger partial charge in [0.2, 0.25) is 5.91 Å². The Balaban J connectivity index is 4.12. The minimum absolute atomic E-state index is 0.161. The molecule has 0 heterocycles. The number of nitrogens with two attached hydrogens (primary N) is 1. The molecule has 0 saturated heterocycles. The van der Waals surface area contributed by atoms with Crippen LogP contribution in [0.1, 0.15) is 26.7 Å². The molecule has 90 valence electrons. The van der Waals surface area contributed by atoms with Crippen LogP contribution in [0.5, 0.6) is 0 Å². The van der Waals surface area contributed by atoms with Gasteiger partial charge in [-0.25, -0.2) is 0 Å². The molecule has 0 aliphatic heterocycles. The molecule has 5 heteroatoms. The quantitative estimate of drug-likeness (QED) is 0.600. The molecule has 1 amide bonds. The number of hydrogen-bond donors (Lipinski definition) is 2. The molecule has 0 saturated carbocycles. The summed E-state index contributed by atoms with van der Waals surface area (Å²) < 4.78 is 9.90. The Morgan fingerprint density at radius 3 is 2.13 bits per heavy atom. The van der Waals surface area contributed by atoms with E-state index < -0.39 is 11.8 Å². The summed E-state index contributed by atoms with van der Waals surface area (Å²) in [6, 6.07) is 0. The van der Waals surface area contributed by atoms with Crippen molar-refractivity contribution in [2.75, 3.05) is 20.8 Å². The summed E-state index contributed by atoms with van der Waals surface area (Å²) in [7, 11) is 3.05. The van der Waals surface area contributed by atoms with Crippen LogP contribution >= 0.6 is 0 Å². The molecule has 0 atom stereocenters. The zero-order valence-electron chi connectivity index (χ0n) is 10.0. The molecule has 0 aromatic rings. The van der Waals surface area contributed by atoms with Gasteiger partial charge in [-0.15, -0.1) is 0 Å². The van der Waals surface area contributed by atoms with Gasteiger partial charge < -0.3 is 20.5 Å². The van der Waals surface area contributed by atoms with Crippen LogP contribution in [0.15, 0.2) is 0 Å². The average molecular weight is 218 g/mol. The van der Waals surface area contributed by atoms with Crippen LogP contribution in [-0.2, 0) is 14.3 Å². The lowest BCUT2D eigenvalue weighted by Gasteiger charge is -2.26. The van der Waals surface area contributed by atoms with E-state index in [4.69, 9.17) is 15.2 Å². The van der Waals surface area contributed by atoms with E-state index in [1.54, 1.807) is 0 Å². The first kappa shape index (κ1) is 14.3. The van der Waals surface area contributed by atoms with Gasteiger partial charge in [-0.3, -0.25) is 4.79 Å². The molecule has 5 nitrogen and oxygen atoms in total. The molecular formula is C10H22N2O3. The SMILES string of the molecule is CCC(N)(CC)C(=O)NCC(OC)OC. The van der Waals surface area contributed by atoms with Crippen molar-refractivity contribution < 1.29 is 14.3 Å². The number of rotatable bonds is 7. The second-order valence-corrected chi connectivity index (χ2v) is 3.47. The summed E-state index contributed by atoms with van der Waals surface area (Å²) in [4.78, 5) is 11.7. The Hall–Kier alpha value is -0.650. The van der Waals surface area contributed by atoms with Crippen LogP contribution < -0.4 is 11.1 Å². The third kappa shape index (κ3) is 4.15.